The minimum Gasteiger partial charge on any atom is -0.497 e. The Morgan fingerprint density at radius 1 is 1.14 bits per heavy atom. The molecule has 1 aliphatic carbocycles. The predicted molar refractivity (Wildman–Crippen MR) is 113 cm³/mol. The van der Waals surface area contributed by atoms with Crippen LogP contribution in [-0.4, -0.2) is 36.1 Å². The predicted octanol–water partition coefficient (Wildman–Crippen LogP) is 4.69. The summed E-state index contributed by atoms with van der Waals surface area (Å²) in [6.45, 7) is 0. The van der Waals surface area contributed by atoms with Crippen LogP contribution in [0.4, 0.5) is 0 Å². The number of hydrogen-bond acceptors (Lipinski definition) is 4. The number of amides is 1. The summed E-state index contributed by atoms with van der Waals surface area (Å²) in [7, 11) is 3.14. The molecule has 1 amide bonds. The van der Waals surface area contributed by atoms with Crippen molar-refractivity contribution in [3.05, 3.63) is 52.8 Å². The molecule has 0 bridgehead atoms. The van der Waals surface area contributed by atoms with Crippen LogP contribution < -0.4 is 14.8 Å². The van der Waals surface area contributed by atoms with E-state index in [0.717, 1.165) is 42.5 Å². The monoisotopic (exact) mass is 413 g/mol. The summed E-state index contributed by atoms with van der Waals surface area (Å²) in [4.78, 5) is 21.0. The summed E-state index contributed by atoms with van der Waals surface area (Å²) in [6, 6.07) is 11.0. The van der Waals surface area contributed by atoms with Crippen LogP contribution in [0.15, 0.2) is 36.4 Å². The first kappa shape index (κ1) is 19.6. The van der Waals surface area contributed by atoms with Gasteiger partial charge in [0.15, 0.2) is 0 Å². The number of ether oxygens (including phenoxy) is 2. The summed E-state index contributed by atoms with van der Waals surface area (Å²) in [5.74, 6) is 2.31. The lowest BCUT2D eigenvalue weighted by atomic mass is 9.85. The van der Waals surface area contributed by atoms with Gasteiger partial charge in [0.2, 0.25) is 0 Å². The van der Waals surface area contributed by atoms with Crippen molar-refractivity contribution >= 4 is 28.5 Å². The number of aromatic amines is 1. The molecule has 2 atom stereocenters. The van der Waals surface area contributed by atoms with Crippen molar-refractivity contribution in [2.24, 2.45) is 0 Å². The number of carbonyl (C=O) groups is 1. The number of fused-ring (bicyclic) bond motifs is 1. The second-order valence-corrected chi connectivity index (χ2v) is 7.86. The number of aromatic nitrogens is 2. The molecule has 1 fully saturated rings. The van der Waals surface area contributed by atoms with Gasteiger partial charge in [0, 0.05) is 28.6 Å². The summed E-state index contributed by atoms with van der Waals surface area (Å²) in [5, 5.41) is 3.85. The third-order valence-corrected chi connectivity index (χ3v) is 5.71. The number of hydrogen-bond donors (Lipinski definition) is 2. The van der Waals surface area contributed by atoms with Gasteiger partial charge in [-0.1, -0.05) is 18.0 Å². The van der Waals surface area contributed by atoms with Crippen molar-refractivity contribution in [2.75, 3.05) is 14.2 Å². The zero-order valence-corrected chi connectivity index (χ0v) is 17.3. The maximum Gasteiger partial charge on any atom is 0.251 e. The molecule has 6 nitrogen and oxygen atoms in total. The van der Waals surface area contributed by atoms with E-state index >= 15 is 0 Å². The topological polar surface area (TPSA) is 76.2 Å². The zero-order valence-electron chi connectivity index (χ0n) is 16.5. The zero-order chi connectivity index (χ0) is 20.4. The number of H-pyrrole nitrogens is 1. The highest BCUT2D eigenvalue weighted by molar-refractivity contribution is 6.31. The lowest BCUT2D eigenvalue weighted by Crippen LogP contribution is -2.38. The Kier molecular flexibility index (Phi) is 5.62. The van der Waals surface area contributed by atoms with E-state index in [4.69, 9.17) is 26.1 Å². The van der Waals surface area contributed by atoms with Crippen molar-refractivity contribution in [1.29, 1.82) is 0 Å². The van der Waals surface area contributed by atoms with Gasteiger partial charge in [-0.2, -0.15) is 0 Å². The van der Waals surface area contributed by atoms with Crippen molar-refractivity contribution in [3.63, 3.8) is 0 Å². The lowest BCUT2D eigenvalue weighted by molar-refractivity contribution is 0.0924. The minimum atomic E-state index is -0.121. The van der Waals surface area contributed by atoms with Crippen LogP contribution in [0.5, 0.6) is 11.5 Å². The van der Waals surface area contributed by atoms with Crippen LogP contribution in [0.25, 0.3) is 11.0 Å². The number of nitrogens with one attached hydrogen (secondary N) is 2. The van der Waals surface area contributed by atoms with E-state index in [9.17, 15) is 4.79 Å². The highest BCUT2D eigenvalue weighted by Gasteiger charge is 2.27. The largest absolute Gasteiger partial charge is 0.497 e. The van der Waals surface area contributed by atoms with Crippen LogP contribution in [0, 0.1) is 0 Å². The number of nitrogens with zero attached hydrogens (tertiary/aromatic N) is 1. The molecule has 0 aliphatic heterocycles. The molecule has 29 heavy (non-hydrogen) atoms. The highest BCUT2D eigenvalue weighted by atomic mass is 35.5. The fourth-order valence-corrected chi connectivity index (χ4v) is 4.13. The molecule has 1 saturated carbocycles. The average molecular weight is 414 g/mol. The number of halogens is 1. The van der Waals surface area contributed by atoms with Gasteiger partial charge in [0.1, 0.15) is 17.3 Å². The minimum absolute atomic E-state index is 0.0928. The van der Waals surface area contributed by atoms with Gasteiger partial charge in [-0.15, -0.1) is 0 Å². The van der Waals surface area contributed by atoms with E-state index in [1.165, 1.54) is 0 Å². The molecule has 1 aliphatic rings. The number of rotatable bonds is 5. The molecule has 3 aromatic rings. The van der Waals surface area contributed by atoms with E-state index in [0.29, 0.717) is 22.1 Å². The molecule has 1 heterocycles. The van der Waals surface area contributed by atoms with Gasteiger partial charge in [0.25, 0.3) is 5.91 Å². The number of imidazole rings is 1. The molecule has 0 unspecified atom stereocenters. The maximum atomic E-state index is 12.8. The van der Waals surface area contributed by atoms with Crippen molar-refractivity contribution in [3.8, 4) is 11.5 Å². The van der Waals surface area contributed by atoms with Crippen molar-refractivity contribution in [2.45, 2.75) is 37.6 Å². The molecule has 1 aromatic heterocycles. The van der Waals surface area contributed by atoms with Crippen LogP contribution in [0.2, 0.25) is 5.02 Å². The van der Waals surface area contributed by atoms with Crippen LogP contribution in [0.1, 0.15) is 47.8 Å². The van der Waals surface area contributed by atoms with Gasteiger partial charge in [-0.25, -0.2) is 4.98 Å². The molecule has 2 N–H and O–H groups in total. The van der Waals surface area contributed by atoms with E-state index in [1.807, 2.05) is 18.2 Å². The third-order valence-electron chi connectivity index (χ3n) is 5.47. The van der Waals surface area contributed by atoms with Crippen LogP contribution in [0.3, 0.4) is 0 Å². The molecular weight excluding hydrogens is 390 g/mol. The van der Waals surface area contributed by atoms with E-state index in [2.05, 4.69) is 10.3 Å². The standard InChI is InChI=1S/C22H24ClN3O3/c1-28-17-9-14(10-18(12-17)29-2)22(27)24-16-5-3-4-13(8-16)21-25-19-7-6-15(23)11-20(19)26-21/h6-7,9-13,16H,3-5,8H2,1-2H3,(H,24,27)(H,25,26)/t13-,16+/m0/s1. The highest BCUT2D eigenvalue weighted by Crippen LogP contribution is 2.33. The lowest BCUT2D eigenvalue weighted by Gasteiger charge is -2.28. The molecule has 4 rings (SSSR count). The first-order valence-corrected chi connectivity index (χ1v) is 10.1. The number of benzene rings is 2. The Bertz CT molecular complexity index is 1010. The van der Waals surface area contributed by atoms with E-state index in [-0.39, 0.29) is 17.9 Å². The maximum absolute atomic E-state index is 12.8. The Hall–Kier alpha value is -2.73. The van der Waals surface area contributed by atoms with Gasteiger partial charge < -0.3 is 19.8 Å². The molecule has 0 saturated heterocycles. The van der Waals surface area contributed by atoms with Crippen molar-refractivity contribution in [1.82, 2.24) is 15.3 Å². The smallest absolute Gasteiger partial charge is 0.251 e. The Labute approximate surface area is 174 Å². The molecule has 2 aromatic carbocycles. The number of methoxy groups -OCH3 is 2. The molecule has 7 heteroatoms. The molecule has 152 valence electrons. The Morgan fingerprint density at radius 3 is 2.62 bits per heavy atom. The fourth-order valence-electron chi connectivity index (χ4n) is 3.97. The summed E-state index contributed by atoms with van der Waals surface area (Å²) < 4.78 is 10.5. The van der Waals surface area contributed by atoms with Gasteiger partial charge in [-0.3, -0.25) is 4.79 Å². The average Bonchev–Trinajstić information content (AvgIpc) is 3.16. The molecular formula is C22H24ClN3O3. The van der Waals surface area contributed by atoms with Crippen LogP contribution in [-0.2, 0) is 0 Å². The van der Waals surface area contributed by atoms with Gasteiger partial charge in [-0.05, 0) is 49.6 Å². The first-order valence-electron chi connectivity index (χ1n) is 9.75. The van der Waals surface area contributed by atoms with Crippen molar-refractivity contribution < 1.29 is 14.3 Å². The molecule has 0 spiro atoms. The normalized spacial score (nSPS) is 19.1. The van der Waals surface area contributed by atoms with Gasteiger partial charge >= 0.3 is 0 Å². The number of carbonyl (C=O) groups excluding carboxylic acids is 1. The van der Waals surface area contributed by atoms with E-state index < -0.39 is 0 Å². The van der Waals surface area contributed by atoms with E-state index in [1.54, 1.807) is 32.4 Å². The Balaban J connectivity index is 1.47. The first-order chi connectivity index (χ1) is 14.1. The second kappa shape index (κ2) is 8.33. The quantitative estimate of drug-likeness (QED) is 0.636. The fraction of sp³-hybridized carbons (Fsp3) is 0.364. The Morgan fingerprint density at radius 2 is 1.90 bits per heavy atom. The SMILES string of the molecule is COc1cc(OC)cc(C(=O)N[C@@H]2CCC[C@H](c3nc4cc(Cl)ccc4[nH]3)C2)c1. The third kappa shape index (κ3) is 4.32. The summed E-state index contributed by atoms with van der Waals surface area (Å²) >= 11 is 6.08. The molecule has 0 radical (unpaired) electrons. The summed E-state index contributed by atoms with van der Waals surface area (Å²) in [6.07, 6.45) is 3.89. The second-order valence-electron chi connectivity index (χ2n) is 7.42. The summed E-state index contributed by atoms with van der Waals surface area (Å²) in [5.41, 5.74) is 2.39. The van der Waals surface area contributed by atoms with Gasteiger partial charge in [0.05, 0.1) is 25.3 Å². The van der Waals surface area contributed by atoms with Crippen LogP contribution >= 0.6 is 11.6 Å².